The van der Waals surface area contributed by atoms with Gasteiger partial charge in [-0.25, -0.2) is 0 Å². The molecule has 2 fully saturated rings. The third kappa shape index (κ3) is 3.68. The molecule has 3 rings (SSSR count). The minimum absolute atomic E-state index is 0.0298. The lowest BCUT2D eigenvalue weighted by atomic mass is 9.46. The Kier molecular flexibility index (Phi) is 6.09. The van der Waals surface area contributed by atoms with Gasteiger partial charge in [0.1, 0.15) is 5.76 Å². The Bertz CT molecular complexity index is 721. The largest absolute Gasteiger partial charge is 0.469 e. The lowest BCUT2D eigenvalue weighted by Gasteiger charge is -2.57. The van der Waals surface area contributed by atoms with Gasteiger partial charge in [-0.15, -0.1) is 0 Å². The number of methoxy groups -OCH3 is 1. The Balaban J connectivity index is 1.82. The van der Waals surface area contributed by atoms with Crippen molar-refractivity contribution in [2.45, 2.75) is 65.3 Å². The molecule has 2 aliphatic rings. The van der Waals surface area contributed by atoms with Crippen LogP contribution in [0, 0.1) is 22.7 Å². The van der Waals surface area contributed by atoms with E-state index in [0.29, 0.717) is 11.8 Å². The molecule has 156 valence electrons. The number of nitrogens with zero attached hydrogens (tertiary/aromatic N) is 1. The van der Waals surface area contributed by atoms with Gasteiger partial charge in [0, 0.05) is 0 Å². The molecule has 0 unspecified atom stereocenters. The number of esters is 1. The number of furan rings is 1. The van der Waals surface area contributed by atoms with Crippen molar-refractivity contribution in [3.8, 4) is 0 Å². The first-order valence-electron chi connectivity index (χ1n) is 10.7. The van der Waals surface area contributed by atoms with Crippen LogP contribution in [0.1, 0.15) is 63.7 Å². The third-order valence-electron chi connectivity index (χ3n) is 7.67. The summed E-state index contributed by atoms with van der Waals surface area (Å²) in [6.07, 6.45) is 9.15. The molecule has 2 aliphatic carbocycles. The van der Waals surface area contributed by atoms with Gasteiger partial charge in [-0.05, 0) is 88.4 Å². The van der Waals surface area contributed by atoms with Crippen LogP contribution in [0.25, 0.3) is 0 Å². The molecule has 0 aromatic carbocycles. The van der Waals surface area contributed by atoms with Gasteiger partial charge >= 0.3 is 5.97 Å². The normalized spacial score (nSPS) is 33.0. The maximum absolute atomic E-state index is 12.7. The number of aryl methyl sites for hydroxylation is 1. The SMILES string of the molecule is C=C1CC[C@H]2[C@](C)(CCC[C@]2(C)C(=O)OC)[C@H]1CCc1ccoc1CN(C)C. The fourth-order valence-corrected chi connectivity index (χ4v) is 6.28. The van der Waals surface area contributed by atoms with E-state index in [1.165, 1.54) is 24.7 Å². The van der Waals surface area contributed by atoms with Gasteiger partial charge in [0.05, 0.1) is 25.3 Å². The fraction of sp³-hybridized carbons (Fsp3) is 0.708. The van der Waals surface area contributed by atoms with Crippen LogP contribution in [-0.2, 0) is 22.5 Å². The summed E-state index contributed by atoms with van der Waals surface area (Å²) in [5.41, 5.74) is 2.42. The topological polar surface area (TPSA) is 42.7 Å². The number of ether oxygens (including phenoxy) is 1. The zero-order valence-corrected chi connectivity index (χ0v) is 18.3. The van der Waals surface area contributed by atoms with Gasteiger partial charge in [0.2, 0.25) is 0 Å². The number of hydrogen-bond acceptors (Lipinski definition) is 4. The maximum Gasteiger partial charge on any atom is 0.311 e. The Labute approximate surface area is 170 Å². The van der Waals surface area contributed by atoms with Crippen molar-refractivity contribution >= 4 is 5.97 Å². The van der Waals surface area contributed by atoms with Crippen LogP contribution in [0.3, 0.4) is 0 Å². The minimum Gasteiger partial charge on any atom is -0.469 e. The second kappa shape index (κ2) is 8.06. The zero-order valence-electron chi connectivity index (χ0n) is 18.3. The second-order valence-corrected chi connectivity index (χ2v) is 9.72. The van der Waals surface area contributed by atoms with Crippen LogP contribution >= 0.6 is 0 Å². The van der Waals surface area contributed by atoms with E-state index in [-0.39, 0.29) is 16.8 Å². The molecule has 2 saturated carbocycles. The molecular weight excluding hydrogens is 350 g/mol. The van der Waals surface area contributed by atoms with Gasteiger partial charge in [0.15, 0.2) is 0 Å². The molecular formula is C24H37NO3. The van der Waals surface area contributed by atoms with Crippen molar-refractivity contribution in [1.29, 1.82) is 0 Å². The van der Waals surface area contributed by atoms with E-state index in [1.807, 2.05) is 6.26 Å². The molecule has 0 bridgehead atoms. The molecule has 0 saturated heterocycles. The van der Waals surface area contributed by atoms with Gasteiger partial charge < -0.3 is 14.1 Å². The first kappa shape index (κ1) is 21.2. The summed E-state index contributed by atoms with van der Waals surface area (Å²) in [7, 11) is 5.66. The highest BCUT2D eigenvalue weighted by Crippen LogP contribution is 2.62. The van der Waals surface area contributed by atoms with E-state index < -0.39 is 0 Å². The molecule has 0 amide bonds. The number of fused-ring (bicyclic) bond motifs is 1. The maximum atomic E-state index is 12.7. The van der Waals surface area contributed by atoms with Gasteiger partial charge in [-0.2, -0.15) is 0 Å². The summed E-state index contributed by atoms with van der Waals surface area (Å²) in [5.74, 6) is 1.84. The zero-order chi connectivity index (χ0) is 20.5. The van der Waals surface area contributed by atoms with Crippen LogP contribution in [0.15, 0.2) is 28.9 Å². The van der Waals surface area contributed by atoms with Crippen LogP contribution in [-0.4, -0.2) is 32.1 Å². The molecule has 0 radical (unpaired) electrons. The minimum atomic E-state index is -0.369. The number of carbonyl (C=O) groups excluding carboxylic acids is 1. The smallest absolute Gasteiger partial charge is 0.311 e. The number of hydrogen-bond donors (Lipinski definition) is 0. The molecule has 1 aromatic heterocycles. The predicted molar refractivity (Wildman–Crippen MR) is 112 cm³/mol. The summed E-state index contributed by atoms with van der Waals surface area (Å²) in [4.78, 5) is 14.8. The average molecular weight is 388 g/mol. The first-order valence-corrected chi connectivity index (χ1v) is 10.7. The quantitative estimate of drug-likeness (QED) is 0.495. The van der Waals surface area contributed by atoms with E-state index in [4.69, 9.17) is 9.15 Å². The monoisotopic (exact) mass is 387 g/mol. The predicted octanol–water partition coefficient (Wildman–Crippen LogP) is 5.23. The van der Waals surface area contributed by atoms with E-state index in [0.717, 1.165) is 50.8 Å². The molecule has 4 heteroatoms. The van der Waals surface area contributed by atoms with Crippen LogP contribution in [0.4, 0.5) is 0 Å². The Morgan fingerprint density at radius 2 is 2.11 bits per heavy atom. The third-order valence-corrected chi connectivity index (χ3v) is 7.67. The molecule has 0 N–H and O–H groups in total. The van der Waals surface area contributed by atoms with Crippen LogP contribution < -0.4 is 0 Å². The van der Waals surface area contributed by atoms with Crippen molar-refractivity contribution in [2.75, 3.05) is 21.2 Å². The highest BCUT2D eigenvalue weighted by atomic mass is 16.5. The van der Waals surface area contributed by atoms with E-state index in [2.05, 4.69) is 45.5 Å². The fourth-order valence-electron chi connectivity index (χ4n) is 6.28. The summed E-state index contributed by atoms with van der Waals surface area (Å²) in [6, 6.07) is 2.11. The Morgan fingerprint density at radius 1 is 1.36 bits per heavy atom. The molecule has 0 aliphatic heterocycles. The Hall–Kier alpha value is -1.55. The van der Waals surface area contributed by atoms with Crippen molar-refractivity contribution in [3.05, 3.63) is 35.8 Å². The first-order chi connectivity index (χ1) is 13.2. The lowest BCUT2D eigenvalue weighted by molar-refractivity contribution is -0.168. The molecule has 4 atom stereocenters. The van der Waals surface area contributed by atoms with Crippen LogP contribution in [0.5, 0.6) is 0 Å². The van der Waals surface area contributed by atoms with E-state index in [1.54, 1.807) is 0 Å². The summed E-state index contributed by atoms with van der Waals surface area (Å²) in [6.45, 7) is 9.84. The van der Waals surface area contributed by atoms with Crippen molar-refractivity contribution in [1.82, 2.24) is 4.90 Å². The lowest BCUT2D eigenvalue weighted by Crippen LogP contribution is -2.53. The number of rotatable bonds is 6. The van der Waals surface area contributed by atoms with Crippen LogP contribution in [0.2, 0.25) is 0 Å². The summed E-state index contributed by atoms with van der Waals surface area (Å²) < 4.78 is 11.0. The molecule has 28 heavy (non-hydrogen) atoms. The average Bonchev–Trinajstić information content (AvgIpc) is 3.06. The highest BCUT2D eigenvalue weighted by Gasteiger charge is 2.57. The standard InChI is InChI=1S/C24H37NO3/c1-17-8-11-21-23(2,13-7-14-24(21,3)22(26)27-6)19(17)10-9-18-12-15-28-20(18)16-25(4)5/h12,15,19,21H,1,7-11,13-14,16H2,2-6H3/t19-,21-,23+,24-/m0/s1. The van der Waals surface area contributed by atoms with E-state index in [9.17, 15) is 4.79 Å². The summed E-state index contributed by atoms with van der Waals surface area (Å²) in [5, 5.41) is 0. The highest BCUT2D eigenvalue weighted by molar-refractivity contribution is 5.77. The van der Waals surface area contributed by atoms with E-state index >= 15 is 0 Å². The summed E-state index contributed by atoms with van der Waals surface area (Å²) >= 11 is 0. The van der Waals surface area contributed by atoms with Gasteiger partial charge in [-0.3, -0.25) is 4.79 Å². The molecule has 1 heterocycles. The second-order valence-electron chi connectivity index (χ2n) is 9.72. The number of carbonyl (C=O) groups is 1. The Morgan fingerprint density at radius 3 is 2.79 bits per heavy atom. The van der Waals surface area contributed by atoms with Crippen molar-refractivity contribution < 1.29 is 13.9 Å². The van der Waals surface area contributed by atoms with Gasteiger partial charge in [0.25, 0.3) is 0 Å². The van der Waals surface area contributed by atoms with Crippen molar-refractivity contribution in [3.63, 3.8) is 0 Å². The number of allylic oxidation sites excluding steroid dienone is 1. The molecule has 0 spiro atoms. The van der Waals surface area contributed by atoms with Gasteiger partial charge in [-0.1, -0.05) is 25.5 Å². The van der Waals surface area contributed by atoms with Crippen molar-refractivity contribution in [2.24, 2.45) is 22.7 Å². The molecule has 4 nitrogen and oxygen atoms in total. The molecule has 1 aromatic rings.